The van der Waals surface area contributed by atoms with Crippen LogP contribution in [0.3, 0.4) is 0 Å². The largest absolute Gasteiger partial charge is 0.385 e. The van der Waals surface area contributed by atoms with Crippen molar-refractivity contribution in [2.24, 2.45) is 0 Å². The van der Waals surface area contributed by atoms with E-state index in [0.717, 1.165) is 26.2 Å². The van der Waals surface area contributed by atoms with E-state index in [0.29, 0.717) is 12.1 Å². The molecule has 0 aromatic carbocycles. The molecule has 0 aliphatic carbocycles. The molecule has 0 N–H and O–H groups in total. The Morgan fingerprint density at radius 1 is 1.20 bits per heavy atom. The fraction of sp³-hybridized carbons (Fsp3) is 1.00. The number of nitrogens with zero attached hydrogens (tertiary/aromatic N) is 1. The molecule has 15 heavy (non-hydrogen) atoms. The van der Waals surface area contributed by atoms with E-state index in [1.165, 1.54) is 19.3 Å². The molecule has 0 radical (unpaired) electrons. The third kappa shape index (κ3) is 4.09. The van der Waals surface area contributed by atoms with E-state index in [9.17, 15) is 0 Å². The SMILES string of the molecule is COCCCN1C(C)CCCC1COC. The van der Waals surface area contributed by atoms with Gasteiger partial charge < -0.3 is 9.47 Å². The smallest absolute Gasteiger partial charge is 0.0618 e. The number of likely N-dealkylation sites (tertiary alicyclic amines) is 1. The van der Waals surface area contributed by atoms with Gasteiger partial charge in [0.05, 0.1) is 6.61 Å². The Morgan fingerprint density at radius 3 is 2.67 bits per heavy atom. The number of hydrogen-bond acceptors (Lipinski definition) is 3. The highest BCUT2D eigenvalue weighted by Crippen LogP contribution is 2.22. The number of methoxy groups -OCH3 is 2. The van der Waals surface area contributed by atoms with Crippen LogP contribution in [0.15, 0.2) is 0 Å². The van der Waals surface area contributed by atoms with Crippen LogP contribution in [-0.2, 0) is 9.47 Å². The van der Waals surface area contributed by atoms with E-state index in [-0.39, 0.29) is 0 Å². The molecule has 2 atom stereocenters. The van der Waals surface area contributed by atoms with Gasteiger partial charge in [-0.2, -0.15) is 0 Å². The van der Waals surface area contributed by atoms with Gasteiger partial charge in [0.1, 0.15) is 0 Å². The van der Waals surface area contributed by atoms with Crippen molar-refractivity contribution in [3.8, 4) is 0 Å². The van der Waals surface area contributed by atoms with E-state index in [1.54, 1.807) is 14.2 Å². The average Bonchev–Trinajstić information content (AvgIpc) is 2.23. The molecule has 0 saturated carbocycles. The van der Waals surface area contributed by atoms with Crippen LogP contribution >= 0.6 is 0 Å². The molecule has 1 heterocycles. The minimum atomic E-state index is 0.621. The van der Waals surface area contributed by atoms with Gasteiger partial charge in [-0.25, -0.2) is 0 Å². The molecule has 0 amide bonds. The Labute approximate surface area is 93.7 Å². The minimum absolute atomic E-state index is 0.621. The number of ether oxygens (including phenoxy) is 2. The van der Waals surface area contributed by atoms with Gasteiger partial charge in [-0.1, -0.05) is 6.42 Å². The second-order valence-electron chi connectivity index (χ2n) is 4.47. The van der Waals surface area contributed by atoms with Gasteiger partial charge in [-0.15, -0.1) is 0 Å². The predicted octanol–water partition coefficient (Wildman–Crippen LogP) is 1.91. The maximum atomic E-state index is 5.29. The maximum absolute atomic E-state index is 5.29. The van der Waals surface area contributed by atoms with Gasteiger partial charge in [-0.05, 0) is 26.2 Å². The topological polar surface area (TPSA) is 21.7 Å². The van der Waals surface area contributed by atoms with Crippen molar-refractivity contribution in [2.75, 3.05) is 34.0 Å². The van der Waals surface area contributed by atoms with Crippen molar-refractivity contribution in [3.05, 3.63) is 0 Å². The molecule has 0 aromatic rings. The van der Waals surface area contributed by atoms with Gasteiger partial charge in [0.15, 0.2) is 0 Å². The summed E-state index contributed by atoms with van der Waals surface area (Å²) in [6.45, 7) is 5.21. The van der Waals surface area contributed by atoms with Gasteiger partial charge in [0.2, 0.25) is 0 Å². The van der Waals surface area contributed by atoms with Gasteiger partial charge >= 0.3 is 0 Å². The number of rotatable bonds is 6. The summed E-state index contributed by atoms with van der Waals surface area (Å²) in [4.78, 5) is 2.59. The van der Waals surface area contributed by atoms with Crippen LogP contribution in [0.5, 0.6) is 0 Å². The molecule has 1 rings (SSSR count). The monoisotopic (exact) mass is 215 g/mol. The summed E-state index contributed by atoms with van der Waals surface area (Å²) in [5, 5.41) is 0. The van der Waals surface area contributed by atoms with E-state index in [1.807, 2.05) is 0 Å². The maximum Gasteiger partial charge on any atom is 0.0618 e. The second kappa shape index (κ2) is 7.20. The molecule has 1 aliphatic heterocycles. The Hall–Kier alpha value is -0.120. The zero-order valence-electron chi connectivity index (χ0n) is 10.4. The molecule has 0 spiro atoms. The van der Waals surface area contributed by atoms with Crippen LogP contribution in [0, 0.1) is 0 Å². The number of piperidine rings is 1. The normalized spacial score (nSPS) is 28.2. The Kier molecular flexibility index (Phi) is 6.22. The van der Waals surface area contributed by atoms with Crippen LogP contribution in [0.1, 0.15) is 32.6 Å². The first-order chi connectivity index (χ1) is 7.29. The summed E-state index contributed by atoms with van der Waals surface area (Å²) in [7, 11) is 3.57. The fourth-order valence-corrected chi connectivity index (χ4v) is 2.51. The molecule has 90 valence electrons. The summed E-state index contributed by atoms with van der Waals surface area (Å²) in [6, 6.07) is 1.33. The van der Waals surface area contributed by atoms with Crippen molar-refractivity contribution >= 4 is 0 Å². The summed E-state index contributed by atoms with van der Waals surface area (Å²) in [5.41, 5.74) is 0. The molecule has 2 unspecified atom stereocenters. The Morgan fingerprint density at radius 2 is 2.00 bits per heavy atom. The molecule has 1 aliphatic rings. The third-order valence-corrected chi connectivity index (χ3v) is 3.32. The predicted molar refractivity (Wildman–Crippen MR) is 62.2 cm³/mol. The van der Waals surface area contributed by atoms with Gasteiger partial charge in [-0.3, -0.25) is 4.90 Å². The summed E-state index contributed by atoms with van der Waals surface area (Å²) < 4.78 is 10.4. The molecular formula is C12H25NO2. The van der Waals surface area contributed by atoms with Crippen molar-refractivity contribution in [1.29, 1.82) is 0 Å². The Balaban J connectivity index is 2.37. The summed E-state index contributed by atoms with van der Waals surface area (Å²) in [5.74, 6) is 0. The van der Waals surface area contributed by atoms with E-state index < -0.39 is 0 Å². The lowest BCUT2D eigenvalue weighted by Crippen LogP contribution is -2.47. The summed E-state index contributed by atoms with van der Waals surface area (Å²) >= 11 is 0. The zero-order chi connectivity index (χ0) is 11.1. The molecule has 0 aromatic heterocycles. The van der Waals surface area contributed by atoms with Gasteiger partial charge in [0, 0.05) is 39.5 Å². The first-order valence-electron chi connectivity index (χ1n) is 6.03. The van der Waals surface area contributed by atoms with Crippen LogP contribution in [-0.4, -0.2) is 51.0 Å². The quantitative estimate of drug-likeness (QED) is 0.632. The van der Waals surface area contributed by atoms with Crippen molar-refractivity contribution in [2.45, 2.75) is 44.7 Å². The molecule has 0 bridgehead atoms. The molecule has 1 saturated heterocycles. The lowest BCUT2D eigenvalue weighted by Gasteiger charge is -2.40. The highest BCUT2D eigenvalue weighted by molar-refractivity contribution is 4.81. The zero-order valence-corrected chi connectivity index (χ0v) is 10.4. The third-order valence-electron chi connectivity index (χ3n) is 3.32. The average molecular weight is 215 g/mol. The van der Waals surface area contributed by atoms with Crippen LogP contribution < -0.4 is 0 Å². The second-order valence-corrected chi connectivity index (χ2v) is 4.47. The number of hydrogen-bond donors (Lipinski definition) is 0. The van der Waals surface area contributed by atoms with Crippen LogP contribution in [0.25, 0.3) is 0 Å². The van der Waals surface area contributed by atoms with E-state index in [4.69, 9.17) is 9.47 Å². The molecule has 3 nitrogen and oxygen atoms in total. The van der Waals surface area contributed by atoms with Crippen LogP contribution in [0.4, 0.5) is 0 Å². The van der Waals surface area contributed by atoms with Crippen molar-refractivity contribution in [1.82, 2.24) is 4.90 Å². The molecular weight excluding hydrogens is 190 g/mol. The highest BCUT2D eigenvalue weighted by atomic mass is 16.5. The van der Waals surface area contributed by atoms with Gasteiger partial charge in [0.25, 0.3) is 0 Å². The highest BCUT2D eigenvalue weighted by Gasteiger charge is 2.26. The van der Waals surface area contributed by atoms with Crippen molar-refractivity contribution in [3.63, 3.8) is 0 Å². The molecule has 1 fully saturated rings. The standard InChI is InChI=1S/C12H25NO2/c1-11-6-4-7-12(10-15-3)13(11)8-5-9-14-2/h11-12H,4-10H2,1-3H3. The minimum Gasteiger partial charge on any atom is -0.385 e. The first kappa shape index (κ1) is 12.9. The lowest BCUT2D eigenvalue weighted by atomic mass is 9.96. The van der Waals surface area contributed by atoms with E-state index >= 15 is 0 Å². The Bertz CT molecular complexity index is 162. The van der Waals surface area contributed by atoms with E-state index in [2.05, 4.69) is 11.8 Å². The van der Waals surface area contributed by atoms with Crippen LogP contribution in [0.2, 0.25) is 0 Å². The van der Waals surface area contributed by atoms with Crippen molar-refractivity contribution < 1.29 is 9.47 Å². The summed E-state index contributed by atoms with van der Waals surface area (Å²) in [6.07, 6.45) is 5.08. The lowest BCUT2D eigenvalue weighted by molar-refractivity contribution is 0.0287. The fourth-order valence-electron chi connectivity index (χ4n) is 2.51. The molecule has 3 heteroatoms. The first-order valence-corrected chi connectivity index (χ1v) is 6.03.